The normalized spacial score (nSPS) is 20.1. The molecule has 1 aliphatic rings. The second-order valence-corrected chi connectivity index (χ2v) is 4.57. The average Bonchev–Trinajstić information content (AvgIpc) is 2.85. The van der Waals surface area contributed by atoms with Crippen LogP contribution in [0.25, 0.3) is 5.65 Å². The number of hydrogen-bond donors (Lipinski definition) is 2. The van der Waals surface area contributed by atoms with Crippen molar-refractivity contribution in [2.45, 2.75) is 12.6 Å². The van der Waals surface area contributed by atoms with Gasteiger partial charge in [0.25, 0.3) is 0 Å². The zero-order valence-electron chi connectivity index (χ0n) is 10.6. The van der Waals surface area contributed by atoms with E-state index in [-0.39, 0.29) is 19.3 Å². The van der Waals surface area contributed by atoms with Gasteiger partial charge in [0.2, 0.25) is 0 Å². The molecule has 6 heteroatoms. The Balaban J connectivity index is 2.07. The van der Waals surface area contributed by atoms with Gasteiger partial charge in [0.05, 0.1) is 38.2 Å². The smallest absolute Gasteiger partial charge is 0.154 e. The highest BCUT2D eigenvalue weighted by atomic mass is 16.5. The van der Waals surface area contributed by atoms with Crippen molar-refractivity contribution in [3.63, 3.8) is 0 Å². The van der Waals surface area contributed by atoms with Gasteiger partial charge in [-0.3, -0.25) is 4.40 Å². The van der Waals surface area contributed by atoms with Crippen LogP contribution < -0.4 is 4.90 Å². The summed E-state index contributed by atoms with van der Waals surface area (Å²) in [5.41, 5.74) is 1.54. The molecule has 3 rings (SSSR count). The molecule has 6 nitrogen and oxygen atoms in total. The minimum atomic E-state index is -0.107. The van der Waals surface area contributed by atoms with Crippen molar-refractivity contribution in [2.24, 2.45) is 0 Å². The van der Waals surface area contributed by atoms with Crippen molar-refractivity contribution < 1.29 is 14.9 Å². The van der Waals surface area contributed by atoms with Crippen molar-refractivity contribution in [3.05, 3.63) is 30.1 Å². The Labute approximate surface area is 110 Å². The van der Waals surface area contributed by atoms with Gasteiger partial charge >= 0.3 is 0 Å². The van der Waals surface area contributed by atoms with Gasteiger partial charge in [-0.15, -0.1) is 0 Å². The number of aromatic nitrogens is 2. The third-order valence-corrected chi connectivity index (χ3v) is 3.47. The van der Waals surface area contributed by atoms with Gasteiger partial charge in [-0.05, 0) is 12.1 Å². The van der Waals surface area contributed by atoms with E-state index in [4.69, 9.17) is 4.74 Å². The third-order valence-electron chi connectivity index (χ3n) is 3.47. The highest BCUT2D eigenvalue weighted by molar-refractivity contribution is 5.56. The van der Waals surface area contributed by atoms with E-state index < -0.39 is 0 Å². The van der Waals surface area contributed by atoms with Gasteiger partial charge in [-0.1, -0.05) is 6.07 Å². The maximum absolute atomic E-state index is 9.61. The van der Waals surface area contributed by atoms with Gasteiger partial charge in [-0.25, -0.2) is 4.98 Å². The maximum Gasteiger partial charge on any atom is 0.154 e. The number of imidazole rings is 1. The van der Waals surface area contributed by atoms with E-state index in [1.54, 1.807) is 0 Å². The first-order chi connectivity index (χ1) is 9.35. The molecule has 102 valence electrons. The largest absolute Gasteiger partial charge is 0.394 e. The molecule has 0 radical (unpaired) electrons. The van der Waals surface area contributed by atoms with Gasteiger partial charge in [0, 0.05) is 12.7 Å². The van der Waals surface area contributed by atoms with E-state index in [2.05, 4.69) is 4.98 Å². The zero-order chi connectivity index (χ0) is 13.2. The minimum absolute atomic E-state index is 0.0126. The summed E-state index contributed by atoms with van der Waals surface area (Å²) in [7, 11) is 0. The van der Waals surface area contributed by atoms with E-state index in [9.17, 15) is 10.2 Å². The van der Waals surface area contributed by atoms with Crippen molar-refractivity contribution in [1.82, 2.24) is 9.38 Å². The number of fused-ring (bicyclic) bond motifs is 1. The van der Waals surface area contributed by atoms with E-state index in [1.165, 1.54) is 0 Å². The summed E-state index contributed by atoms with van der Waals surface area (Å²) in [6, 6.07) is 5.61. The van der Waals surface area contributed by atoms with Crippen LogP contribution in [0.5, 0.6) is 0 Å². The number of anilines is 1. The van der Waals surface area contributed by atoms with Crippen LogP contribution >= 0.6 is 0 Å². The Morgan fingerprint density at radius 3 is 3.05 bits per heavy atom. The molecule has 2 aromatic rings. The Bertz CT molecular complexity index is 569. The number of rotatable bonds is 3. The fourth-order valence-electron chi connectivity index (χ4n) is 2.50. The fourth-order valence-corrected chi connectivity index (χ4v) is 2.50. The Kier molecular flexibility index (Phi) is 3.37. The number of ether oxygens (including phenoxy) is 1. The molecule has 0 spiro atoms. The van der Waals surface area contributed by atoms with Gasteiger partial charge in [0.15, 0.2) is 5.82 Å². The predicted octanol–water partition coefficient (Wildman–Crippen LogP) is 0.0241. The number of nitrogens with zero attached hydrogens (tertiary/aromatic N) is 3. The van der Waals surface area contributed by atoms with Crippen molar-refractivity contribution in [2.75, 3.05) is 31.3 Å². The van der Waals surface area contributed by atoms with Crippen molar-refractivity contribution in [3.8, 4) is 0 Å². The van der Waals surface area contributed by atoms with E-state index >= 15 is 0 Å². The number of aliphatic hydroxyl groups is 2. The summed E-state index contributed by atoms with van der Waals surface area (Å²) in [5, 5.41) is 19.1. The van der Waals surface area contributed by atoms with Crippen LogP contribution in [0, 0.1) is 0 Å². The lowest BCUT2D eigenvalue weighted by Gasteiger charge is -2.35. The summed E-state index contributed by atoms with van der Waals surface area (Å²) >= 11 is 0. The Morgan fingerprint density at radius 2 is 2.26 bits per heavy atom. The summed E-state index contributed by atoms with van der Waals surface area (Å²) in [6.45, 7) is 1.68. The first-order valence-electron chi connectivity index (χ1n) is 6.37. The molecule has 0 aromatic carbocycles. The summed E-state index contributed by atoms with van der Waals surface area (Å²) in [5.74, 6) is 0.732. The molecule has 3 heterocycles. The molecule has 0 amide bonds. The summed E-state index contributed by atoms with van der Waals surface area (Å²) < 4.78 is 7.25. The van der Waals surface area contributed by atoms with Crippen LogP contribution in [0.2, 0.25) is 0 Å². The molecule has 0 bridgehead atoms. The number of pyridine rings is 1. The molecule has 1 saturated heterocycles. The van der Waals surface area contributed by atoms with Crippen LogP contribution in [0.3, 0.4) is 0 Å². The zero-order valence-corrected chi connectivity index (χ0v) is 10.6. The molecule has 19 heavy (non-hydrogen) atoms. The lowest BCUT2D eigenvalue weighted by molar-refractivity contribution is 0.0721. The molecule has 1 atom stereocenters. The fraction of sp³-hybridized carbons (Fsp3) is 0.462. The van der Waals surface area contributed by atoms with Crippen LogP contribution in [0.1, 0.15) is 5.69 Å². The molecular weight excluding hydrogens is 246 g/mol. The Morgan fingerprint density at radius 1 is 1.37 bits per heavy atom. The van der Waals surface area contributed by atoms with Crippen LogP contribution in [0.15, 0.2) is 24.4 Å². The lowest BCUT2D eigenvalue weighted by Crippen LogP contribution is -2.48. The van der Waals surface area contributed by atoms with Crippen molar-refractivity contribution >= 4 is 11.5 Å². The second-order valence-electron chi connectivity index (χ2n) is 4.57. The lowest BCUT2D eigenvalue weighted by atomic mass is 10.2. The van der Waals surface area contributed by atoms with Crippen LogP contribution in [-0.4, -0.2) is 52.0 Å². The minimum Gasteiger partial charge on any atom is -0.394 e. The highest BCUT2D eigenvalue weighted by Gasteiger charge is 2.27. The van der Waals surface area contributed by atoms with E-state index in [0.717, 1.165) is 17.2 Å². The Hall–Kier alpha value is -1.63. The number of morpholine rings is 1. The number of hydrogen-bond acceptors (Lipinski definition) is 5. The molecule has 0 saturated carbocycles. The highest BCUT2D eigenvalue weighted by Crippen LogP contribution is 2.25. The van der Waals surface area contributed by atoms with Crippen molar-refractivity contribution in [1.29, 1.82) is 0 Å². The molecule has 2 aromatic heterocycles. The first kappa shape index (κ1) is 12.4. The molecule has 1 fully saturated rings. The topological polar surface area (TPSA) is 70.2 Å². The molecule has 1 unspecified atom stereocenters. The standard InChI is InChI=1S/C13H17N3O3/c17-7-10-9-19-6-5-15(10)13-11(8-18)16-4-2-1-3-12(16)14-13/h1-4,10,17-18H,5-9H2. The molecule has 0 aliphatic carbocycles. The quantitative estimate of drug-likeness (QED) is 0.817. The summed E-state index contributed by atoms with van der Waals surface area (Å²) in [6.07, 6.45) is 1.88. The third kappa shape index (κ3) is 2.07. The van der Waals surface area contributed by atoms with Gasteiger partial charge in [0.1, 0.15) is 5.65 Å². The average molecular weight is 263 g/mol. The molecule has 1 aliphatic heterocycles. The van der Waals surface area contributed by atoms with Crippen LogP contribution in [0.4, 0.5) is 5.82 Å². The number of aliphatic hydroxyl groups excluding tert-OH is 2. The SMILES string of the molecule is OCc1c(N2CCOCC2CO)nc2ccccn12. The van der Waals surface area contributed by atoms with Gasteiger partial charge < -0.3 is 19.8 Å². The predicted molar refractivity (Wildman–Crippen MR) is 70.2 cm³/mol. The van der Waals surface area contributed by atoms with Crippen LogP contribution in [-0.2, 0) is 11.3 Å². The summed E-state index contributed by atoms with van der Waals surface area (Å²) in [4.78, 5) is 6.58. The molecular formula is C13H17N3O3. The monoisotopic (exact) mass is 263 g/mol. The first-order valence-corrected chi connectivity index (χ1v) is 6.37. The van der Waals surface area contributed by atoms with E-state index in [1.807, 2.05) is 33.7 Å². The van der Waals surface area contributed by atoms with Gasteiger partial charge in [-0.2, -0.15) is 0 Å². The molecule has 2 N–H and O–H groups in total. The maximum atomic E-state index is 9.61. The second kappa shape index (κ2) is 5.16. The van der Waals surface area contributed by atoms with E-state index in [0.29, 0.717) is 19.8 Å².